The third kappa shape index (κ3) is 2.51. The molecule has 0 bridgehead atoms. The van der Waals surface area contributed by atoms with Crippen molar-refractivity contribution in [3.8, 4) is 0 Å². The maximum atomic E-state index is 12.5. The Hall–Kier alpha value is -1.90. The number of aryl methyl sites for hydroxylation is 1. The average molecular weight is 408 g/mol. The van der Waals surface area contributed by atoms with Crippen molar-refractivity contribution in [3.05, 3.63) is 44.8 Å². The van der Waals surface area contributed by atoms with Gasteiger partial charge < -0.3 is 19.8 Å². The lowest BCUT2D eigenvalue weighted by atomic mass is 10.1. The summed E-state index contributed by atoms with van der Waals surface area (Å²) in [7, 11) is 1.66. The van der Waals surface area contributed by atoms with Crippen LogP contribution in [0.15, 0.2) is 27.3 Å². The zero-order chi connectivity index (χ0) is 16.8. The molecule has 0 aliphatic carbocycles. The maximum Gasteiger partial charge on any atom is 0.265 e. The topological polar surface area (TPSA) is 76.4 Å². The highest BCUT2D eigenvalue weighted by Crippen LogP contribution is 2.41. The standard InChI is InChI=1S/C16H14BrN3O3S/c1-7-5-8(6-22-2)11-12-13(24-16(11)18-7)15(21)20-14(19-12)9-3-4-10(17)23-9/h3-5,14,19H,6H2,1-2H3,(H,20,21)/t14-/m1/s1. The molecule has 0 unspecified atom stereocenters. The van der Waals surface area contributed by atoms with Crippen LogP contribution >= 0.6 is 27.3 Å². The first kappa shape index (κ1) is 15.6. The highest BCUT2D eigenvalue weighted by molar-refractivity contribution is 9.10. The fraction of sp³-hybridized carbons (Fsp3) is 0.250. The minimum atomic E-state index is -0.425. The minimum absolute atomic E-state index is 0.134. The van der Waals surface area contributed by atoms with Crippen LogP contribution in [0.4, 0.5) is 5.69 Å². The Labute approximate surface area is 150 Å². The van der Waals surface area contributed by atoms with Crippen molar-refractivity contribution < 1.29 is 13.9 Å². The van der Waals surface area contributed by atoms with Crippen molar-refractivity contribution in [2.75, 3.05) is 12.4 Å². The van der Waals surface area contributed by atoms with Gasteiger partial charge in [-0.2, -0.15) is 0 Å². The van der Waals surface area contributed by atoms with Crippen LogP contribution in [0.5, 0.6) is 0 Å². The molecule has 1 aliphatic heterocycles. The molecule has 4 rings (SSSR count). The van der Waals surface area contributed by atoms with Gasteiger partial charge in [-0.1, -0.05) is 0 Å². The van der Waals surface area contributed by atoms with Crippen LogP contribution < -0.4 is 10.6 Å². The molecule has 124 valence electrons. The van der Waals surface area contributed by atoms with E-state index in [1.807, 2.05) is 19.1 Å². The second-order valence-electron chi connectivity index (χ2n) is 5.53. The van der Waals surface area contributed by atoms with Crippen molar-refractivity contribution in [3.63, 3.8) is 0 Å². The predicted octanol–water partition coefficient (Wildman–Crippen LogP) is 3.96. The number of nitrogens with one attached hydrogen (secondary N) is 2. The number of thiophene rings is 1. The number of hydrogen-bond donors (Lipinski definition) is 2. The Bertz CT molecular complexity index is 950. The summed E-state index contributed by atoms with van der Waals surface area (Å²) in [6.45, 7) is 2.40. The van der Waals surface area contributed by atoms with E-state index in [4.69, 9.17) is 9.15 Å². The zero-order valence-electron chi connectivity index (χ0n) is 13.0. The summed E-state index contributed by atoms with van der Waals surface area (Å²) >= 11 is 4.67. The quantitative estimate of drug-likeness (QED) is 0.686. The van der Waals surface area contributed by atoms with Gasteiger partial charge >= 0.3 is 0 Å². The number of anilines is 1. The Morgan fingerprint density at radius 2 is 2.25 bits per heavy atom. The SMILES string of the molecule is COCc1cc(C)nc2sc3c(c12)N[C@@H](c1ccc(Br)o1)NC3=O. The Kier molecular flexibility index (Phi) is 3.82. The van der Waals surface area contributed by atoms with E-state index in [9.17, 15) is 4.79 Å². The normalized spacial score (nSPS) is 16.8. The largest absolute Gasteiger partial charge is 0.450 e. The van der Waals surface area contributed by atoms with Gasteiger partial charge in [0.2, 0.25) is 0 Å². The van der Waals surface area contributed by atoms with Gasteiger partial charge in [0.1, 0.15) is 15.5 Å². The average Bonchev–Trinajstić information content (AvgIpc) is 3.11. The van der Waals surface area contributed by atoms with E-state index in [2.05, 4.69) is 31.5 Å². The number of carbonyl (C=O) groups excluding carboxylic acids is 1. The van der Waals surface area contributed by atoms with E-state index < -0.39 is 6.17 Å². The van der Waals surface area contributed by atoms with Gasteiger partial charge in [-0.05, 0) is 46.6 Å². The lowest BCUT2D eigenvalue weighted by Gasteiger charge is -2.24. The number of hydrogen-bond acceptors (Lipinski definition) is 6. The third-order valence-electron chi connectivity index (χ3n) is 3.82. The van der Waals surface area contributed by atoms with Gasteiger partial charge in [-0.15, -0.1) is 11.3 Å². The van der Waals surface area contributed by atoms with Crippen LogP contribution in [0.3, 0.4) is 0 Å². The Morgan fingerprint density at radius 3 is 2.96 bits per heavy atom. The molecule has 2 N–H and O–H groups in total. The number of fused-ring (bicyclic) bond motifs is 3. The van der Waals surface area contributed by atoms with Crippen molar-refractivity contribution >= 4 is 49.1 Å². The van der Waals surface area contributed by atoms with E-state index in [1.165, 1.54) is 11.3 Å². The molecule has 3 aromatic heterocycles. The number of carbonyl (C=O) groups is 1. The number of ether oxygens (including phenoxy) is 1. The van der Waals surface area contributed by atoms with Crippen molar-refractivity contribution in [2.45, 2.75) is 19.7 Å². The molecule has 4 heterocycles. The second-order valence-corrected chi connectivity index (χ2v) is 7.32. The summed E-state index contributed by atoms with van der Waals surface area (Å²) in [5, 5.41) is 7.22. The van der Waals surface area contributed by atoms with Crippen molar-refractivity contribution in [1.82, 2.24) is 10.3 Å². The number of methoxy groups -OCH3 is 1. The van der Waals surface area contributed by atoms with E-state index in [0.717, 1.165) is 27.2 Å². The number of amides is 1. The molecule has 0 spiro atoms. The van der Waals surface area contributed by atoms with Crippen LogP contribution in [0.25, 0.3) is 10.2 Å². The molecule has 0 saturated heterocycles. The molecule has 1 atom stereocenters. The minimum Gasteiger partial charge on any atom is -0.450 e. The number of halogens is 1. The summed E-state index contributed by atoms with van der Waals surface area (Å²) in [6, 6.07) is 5.61. The van der Waals surface area contributed by atoms with E-state index >= 15 is 0 Å². The number of rotatable bonds is 3. The molecular formula is C16H14BrN3O3S. The second kappa shape index (κ2) is 5.87. The van der Waals surface area contributed by atoms with Gasteiger partial charge in [0.15, 0.2) is 10.8 Å². The molecular weight excluding hydrogens is 394 g/mol. The van der Waals surface area contributed by atoms with Gasteiger partial charge in [0.25, 0.3) is 5.91 Å². The first-order valence-electron chi connectivity index (χ1n) is 7.31. The van der Waals surface area contributed by atoms with E-state index in [1.54, 1.807) is 13.2 Å². The van der Waals surface area contributed by atoms with Crippen LogP contribution in [-0.2, 0) is 11.3 Å². The molecule has 0 radical (unpaired) electrons. The molecule has 1 amide bonds. The van der Waals surface area contributed by atoms with Gasteiger partial charge in [-0.3, -0.25) is 4.79 Å². The summed E-state index contributed by atoms with van der Waals surface area (Å²) in [4.78, 5) is 18.6. The smallest absolute Gasteiger partial charge is 0.265 e. The van der Waals surface area contributed by atoms with Crippen LogP contribution in [-0.4, -0.2) is 18.0 Å². The number of pyridine rings is 1. The molecule has 24 heavy (non-hydrogen) atoms. The van der Waals surface area contributed by atoms with E-state index in [0.29, 0.717) is 21.9 Å². The lowest BCUT2D eigenvalue weighted by Crippen LogP contribution is -2.37. The van der Waals surface area contributed by atoms with Gasteiger partial charge in [0.05, 0.1) is 12.3 Å². The highest BCUT2D eigenvalue weighted by atomic mass is 79.9. The summed E-state index contributed by atoms with van der Waals surface area (Å²) in [6.07, 6.45) is -0.425. The maximum absolute atomic E-state index is 12.5. The number of aromatic nitrogens is 1. The molecule has 6 nitrogen and oxygen atoms in total. The summed E-state index contributed by atoms with van der Waals surface area (Å²) in [5.41, 5.74) is 2.70. The van der Waals surface area contributed by atoms with Gasteiger partial charge in [0, 0.05) is 18.2 Å². The summed E-state index contributed by atoms with van der Waals surface area (Å²) < 4.78 is 11.5. The van der Waals surface area contributed by atoms with Crippen LogP contribution in [0.2, 0.25) is 0 Å². The van der Waals surface area contributed by atoms with Gasteiger partial charge in [-0.25, -0.2) is 4.98 Å². The molecule has 0 fully saturated rings. The first-order valence-corrected chi connectivity index (χ1v) is 8.92. The molecule has 0 saturated carbocycles. The molecule has 3 aromatic rings. The first-order chi connectivity index (χ1) is 11.6. The Morgan fingerprint density at radius 1 is 1.42 bits per heavy atom. The number of nitrogens with zero attached hydrogens (tertiary/aromatic N) is 1. The van der Waals surface area contributed by atoms with E-state index in [-0.39, 0.29) is 5.91 Å². The van der Waals surface area contributed by atoms with Crippen LogP contribution in [0, 0.1) is 6.92 Å². The fourth-order valence-electron chi connectivity index (χ4n) is 2.88. The molecule has 1 aliphatic rings. The monoisotopic (exact) mass is 407 g/mol. The van der Waals surface area contributed by atoms with Crippen molar-refractivity contribution in [1.29, 1.82) is 0 Å². The predicted molar refractivity (Wildman–Crippen MR) is 95.3 cm³/mol. The van der Waals surface area contributed by atoms with Crippen LogP contribution in [0.1, 0.15) is 32.9 Å². The number of furan rings is 1. The Balaban J connectivity index is 1.86. The third-order valence-corrected chi connectivity index (χ3v) is 5.33. The summed E-state index contributed by atoms with van der Waals surface area (Å²) in [5.74, 6) is 0.499. The lowest BCUT2D eigenvalue weighted by molar-refractivity contribution is 0.0935. The molecule has 8 heteroatoms. The fourth-order valence-corrected chi connectivity index (χ4v) is 4.33. The van der Waals surface area contributed by atoms with Crippen molar-refractivity contribution in [2.24, 2.45) is 0 Å². The molecule has 0 aromatic carbocycles. The highest BCUT2D eigenvalue weighted by Gasteiger charge is 2.31. The zero-order valence-corrected chi connectivity index (χ0v) is 15.4.